The molecule has 11 heteroatoms. The monoisotopic (exact) mass is 549 g/mol. The van der Waals surface area contributed by atoms with Crippen LogP contribution in [-0.2, 0) is 34.4 Å². The lowest BCUT2D eigenvalue weighted by atomic mass is 9.96. The minimum Gasteiger partial charge on any atom is -0.350 e. The largest absolute Gasteiger partial charge is 0.350 e. The maximum Gasteiger partial charge on any atom is 0.243 e. The van der Waals surface area contributed by atoms with Crippen molar-refractivity contribution in [3.05, 3.63) is 59.4 Å². The highest BCUT2D eigenvalue weighted by Crippen LogP contribution is 2.28. The quantitative estimate of drug-likeness (QED) is 0.420. The molecular weight excluding hydrogens is 513 g/mol. The zero-order valence-corrected chi connectivity index (χ0v) is 22.8. The zero-order valence-electron chi connectivity index (χ0n) is 22.8. The van der Waals surface area contributed by atoms with Crippen molar-refractivity contribution in [2.75, 3.05) is 19.6 Å². The third-order valence-corrected chi connectivity index (χ3v) is 7.97. The molecule has 212 valence electrons. The normalized spacial score (nSPS) is 19.8. The predicted molar refractivity (Wildman–Crippen MR) is 147 cm³/mol. The minimum absolute atomic E-state index is 0.0144. The summed E-state index contributed by atoms with van der Waals surface area (Å²) in [5, 5.41) is 11.1. The number of amides is 3. The molecule has 0 saturated carbocycles. The van der Waals surface area contributed by atoms with Crippen molar-refractivity contribution in [3.8, 4) is 0 Å². The van der Waals surface area contributed by atoms with Gasteiger partial charge in [0.2, 0.25) is 17.7 Å². The number of aromatic nitrogens is 3. The predicted octanol–water partition coefficient (Wildman–Crippen LogP) is 1.91. The Morgan fingerprint density at radius 2 is 1.93 bits per heavy atom. The van der Waals surface area contributed by atoms with Gasteiger partial charge in [-0.3, -0.25) is 14.4 Å². The molecule has 2 aliphatic heterocycles. The molecule has 2 fully saturated rings. The van der Waals surface area contributed by atoms with Crippen LogP contribution in [0.3, 0.4) is 0 Å². The summed E-state index contributed by atoms with van der Waals surface area (Å²) in [6.45, 7) is 2.12. The summed E-state index contributed by atoms with van der Waals surface area (Å²) in [5.74, 6) is -0.939. The Morgan fingerprint density at radius 3 is 2.70 bits per heavy atom. The molecule has 2 aliphatic rings. The Balaban J connectivity index is 1.25. The van der Waals surface area contributed by atoms with E-state index in [9.17, 15) is 18.8 Å². The molecule has 5 rings (SSSR count). The second-order valence-electron chi connectivity index (χ2n) is 10.9. The summed E-state index contributed by atoms with van der Waals surface area (Å²) in [7, 11) is 1.82. The first kappa shape index (κ1) is 27.7. The van der Waals surface area contributed by atoms with E-state index < -0.39 is 12.1 Å². The molecular formula is C29H36FN7O3. The van der Waals surface area contributed by atoms with Crippen LogP contribution in [0, 0.1) is 11.7 Å². The lowest BCUT2D eigenvalue weighted by molar-refractivity contribution is -0.140. The van der Waals surface area contributed by atoms with Crippen molar-refractivity contribution in [1.82, 2.24) is 30.1 Å². The van der Waals surface area contributed by atoms with Gasteiger partial charge in [-0.05, 0) is 73.4 Å². The number of rotatable bonds is 9. The van der Waals surface area contributed by atoms with Crippen LogP contribution < -0.4 is 11.1 Å². The molecule has 1 aromatic heterocycles. The van der Waals surface area contributed by atoms with E-state index in [2.05, 4.69) is 15.6 Å². The number of benzene rings is 2. The topological polar surface area (TPSA) is 126 Å². The van der Waals surface area contributed by atoms with Crippen LogP contribution in [0.1, 0.15) is 43.2 Å². The van der Waals surface area contributed by atoms with Crippen LogP contribution >= 0.6 is 0 Å². The number of hydrogen-bond acceptors (Lipinski definition) is 6. The number of halogens is 1. The van der Waals surface area contributed by atoms with E-state index in [4.69, 9.17) is 5.73 Å². The van der Waals surface area contributed by atoms with Crippen molar-refractivity contribution >= 4 is 28.8 Å². The van der Waals surface area contributed by atoms with Gasteiger partial charge >= 0.3 is 0 Å². The number of carbonyl (C=O) groups excluding carboxylic acids is 3. The fourth-order valence-corrected chi connectivity index (χ4v) is 5.80. The van der Waals surface area contributed by atoms with E-state index in [-0.39, 0.29) is 48.8 Å². The highest BCUT2D eigenvalue weighted by molar-refractivity contribution is 5.91. The molecule has 0 spiro atoms. The van der Waals surface area contributed by atoms with E-state index in [1.54, 1.807) is 15.6 Å². The van der Waals surface area contributed by atoms with Gasteiger partial charge in [-0.2, -0.15) is 0 Å². The summed E-state index contributed by atoms with van der Waals surface area (Å²) in [6.07, 6.45) is 3.41. The van der Waals surface area contributed by atoms with Crippen LogP contribution in [0.15, 0.2) is 42.5 Å². The Hall–Kier alpha value is -3.86. The maximum absolute atomic E-state index is 13.8. The molecule has 0 bridgehead atoms. The van der Waals surface area contributed by atoms with Crippen molar-refractivity contribution in [3.63, 3.8) is 0 Å². The molecule has 3 amide bonds. The Kier molecular flexibility index (Phi) is 8.39. The SMILES string of the molecule is Cn1nnc2cc(CNC(=O)C3CC(Cc4cccc(F)c4)CN3C(=O)C(N)CCC(=O)N3CCCC3)ccc21. The molecule has 3 unspecified atom stereocenters. The number of aryl methyl sites for hydroxylation is 1. The highest BCUT2D eigenvalue weighted by Gasteiger charge is 2.41. The first-order chi connectivity index (χ1) is 19.3. The van der Waals surface area contributed by atoms with Crippen molar-refractivity contribution in [2.45, 2.75) is 57.2 Å². The molecule has 40 heavy (non-hydrogen) atoms. The molecule has 3 atom stereocenters. The van der Waals surface area contributed by atoms with Crippen LogP contribution in [-0.4, -0.2) is 74.2 Å². The van der Waals surface area contributed by atoms with Crippen molar-refractivity contribution in [1.29, 1.82) is 0 Å². The first-order valence-corrected chi connectivity index (χ1v) is 13.9. The van der Waals surface area contributed by atoms with E-state index >= 15 is 0 Å². The molecule has 10 nitrogen and oxygen atoms in total. The molecule has 0 aliphatic carbocycles. The van der Waals surface area contributed by atoms with E-state index in [1.807, 2.05) is 36.2 Å². The Morgan fingerprint density at radius 1 is 1.12 bits per heavy atom. The number of hydrogen-bond donors (Lipinski definition) is 2. The number of likely N-dealkylation sites (tertiary alicyclic amines) is 2. The summed E-state index contributed by atoms with van der Waals surface area (Å²) in [5.41, 5.74) is 9.59. The van der Waals surface area contributed by atoms with E-state index in [1.165, 1.54) is 12.1 Å². The van der Waals surface area contributed by atoms with E-state index in [0.717, 1.165) is 48.1 Å². The average molecular weight is 550 g/mol. The Bertz CT molecular complexity index is 1390. The number of nitrogens with two attached hydrogens (primary N) is 1. The van der Waals surface area contributed by atoms with Crippen molar-refractivity contribution in [2.24, 2.45) is 18.7 Å². The molecule has 3 N–H and O–H groups in total. The molecule has 0 radical (unpaired) electrons. The van der Waals surface area contributed by atoms with Crippen molar-refractivity contribution < 1.29 is 18.8 Å². The standard InChI is InChI=1S/C29H36FN7O3/c1-35-25-9-7-20(15-24(25)33-34-35)17-32-28(39)26-16-21(13-19-5-4-6-22(30)14-19)18-37(26)29(40)23(31)8-10-27(38)36-11-2-3-12-36/h4-7,9,14-15,21,23,26H,2-3,8,10-13,16-18,31H2,1H3,(H,32,39). The lowest BCUT2D eigenvalue weighted by Crippen LogP contribution is -2.51. The smallest absolute Gasteiger partial charge is 0.243 e. The number of nitrogens with one attached hydrogen (secondary N) is 1. The fraction of sp³-hybridized carbons (Fsp3) is 0.483. The zero-order chi connectivity index (χ0) is 28.2. The highest BCUT2D eigenvalue weighted by atomic mass is 19.1. The van der Waals surface area contributed by atoms with Gasteiger partial charge in [0, 0.05) is 39.6 Å². The second-order valence-corrected chi connectivity index (χ2v) is 10.9. The number of carbonyl (C=O) groups is 3. The molecule has 3 heterocycles. The van der Waals surface area contributed by atoms with E-state index in [0.29, 0.717) is 19.4 Å². The summed E-state index contributed by atoms with van der Waals surface area (Å²) in [4.78, 5) is 42.8. The van der Waals surface area contributed by atoms with Gasteiger partial charge in [0.15, 0.2) is 0 Å². The average Bonchev–Trinajstić information content (AvgIpc) is 3.71. The number of fused-ring (bicyclic) bond motifs is 1. The lowest BCUT2D eigenvalue weighted by Gasteiger charge is -2.27. The van der Waals surface area contributed by atoms with Gasteiger partial charge in [0.05, 0.1) is 11.6 Å². The number of nitrogens with zero attached hydrogens (tertiary/aromatic N) is 5. The summed E-state index contributed by atoms with van der Waals surface area (Å²) >= 11 is 0. The minimum atomic E-state index is -0.881. The summed E-state index contributed by atoms with van der Waals surface area (Å²) < 4.78 is 15.5. The third-order valence-electron chi connectivity index (χ3n) is 7.97. The molecule has 3 aromatic rings. The van der Waals surface area contributed by atoms with Crippen LogP contribution in [0.5, 0.6) is 0 Å². The molecule has 2 aromatic carbocycles. The second kappa shape index (κ2) is 12.1. The van der Waals surface area contributed by atoms with Crippen LogP contribution in [0.4, 0.5) is 4.39 Å². The van der Waals surface area contributed by atoms with Crippen LogP contribution in [0.25, 0.3) is 11.0 Å². The van der Waals surface area contributed by atoms with Gasteiger partial charge in [-0.1, -0.05) is 23.4 Å². The van der Waals surface area contributed by atoms with Gasteiger partial charge in [0.25, 0.3) is 0 Å². The van der Waals surface area contributed by atoms with Crippen LogP contribution in [0.2, 0.25) is 0 Å². The fourth-order valence-electron chi connectivity index (χ4n) is 5.80. The Labute approximate surface area is 232 Å². The van der Waals surface area contributed by atoms with Gasteiger partial charge in [0.1, 0.15) is 17.4 Å². The van der Waals surface area contributed by atoms with Gasteiger partial charge in [-0.25, -0.2) is 9.07 Å². The van der Waals surface area contributed by atoms with Gasteiger partial charge < -0.3 is 20.9 Å². The summed E-state index contributed by atoms with van der Waals surface area (Å²) in [6, 6.07) is 10.5. The third kappa shape index (κ3) is 6.30. The maximum atomic E-state index is 13.8. The first-order valence-electron chi connectivity index (χ1n) is 13.9. The van der Waals surface area contributed by atoms with Gasteiger partial charge in [-0.15, -0.1) is 5.10 Å². The molecule has 2 saturated heterocycles.